The van der Waals surface area contributed by atoms with Gasteiger partial charge in [-0.2, -0.15) is 0 Å². The third-order valence-corrected chi connectivity index (χ3v) is 8.03. The van der Waals surface area contributed by atoms with Gasteiger partial charge in [0.25, 0.3) is 11.8 Å². The van der Waals surface area contributed by atoms with E-state index in [1.807, 2.05) is 0 Å². The molecule has 0 saturated carbocycles. The zero-order chi connectivity index (χ0) is 19.5. The molecule has 1 aliphatic rings. The number of hydrogen-bond donors (Lipinski definition) is 2. The lowest BCUT2D eigenvalue weighted by molar-refractivity contribution is -0.121. The molecule has 2 amide bonds. The highest BCUT2D eigenvalue weighted by molar-refractivity contribution is 7.92. The molecule has 0 spiro atoms. The van der Waals surface area contributed by atoms with Gasteiger partial charge in [0.15, 0.2) is 9.84 Å². The fraction of sp³-hybridized carbons (Fsp3) is 0.467. The second-order valence-electron chi connectivity index (χ2n) is 6.11. The maximum absolute atomic E-state index is 12.2. The average Bonchev–Trinajstić information content (AvgIpc) is 2.59. The summed E-state index contributed by atoms with van der Waals surface area (Å²) in [6, 6.07) is 5.31. The van der Waals surface area contributed by atoms with Gasteiger partial charge in [0, 0.05) is 19.7 Å². The molecule has 2 N–H and O–H groups in total. The van der Waals surface area contributed by atoms with Crippen LogP contribution in [0.1, 0.15) is 29.6 Å². The van der Waals surface area contributed by atoms with E-state index in [1.165, 1.54) is 38.4 Å². The van der Waals surface area contributed by atoms with Crippen LogP contribution in [0.25, 0.3) is 0 Å². The molecule has 11 heteroatoms. The molecule has 2 rings (SSSR count). The molecule has 1 aliphatic heterocycles. The first-order chi connectivity index (χ1) is 12.1. The highest BCUT2D eigenvalue weighted by atomic mass is 32.2. The Morgan fingerprint density at radius 2 is 1.85 bits per heavy atom. The number of carbonyl (C=O) groups is 2. The minimum absolute atomic E-state index is 0.0136. The summed E-state index contributed by atoms with van der Waals surface area (Å²) in [5, 5.41) is -1.18. The van der Waals surface area contributed by atoms with Gasteiger partial charge in [-0.25, -0.2) is 21.1 Å². The number of amides is 2. The van der Waals surface area contributed by atoms with E-state index in [4.69, 9.17) is 0 Å². The van der Waals surface area contributed by atoms with Crippen molar-refractivity contribution in [3.63, 3.8) is 0 Å². The van der Waals surface area contributed by atoms with Gasteiger partial charge in [0.05, 0.1) is 10.6 Å². The van der Waals surface area contributed by atoms with Crippen molar-refractivity contribution in [2.75, 3.05) is 19.8 Å². The maximum atomic E-state index is 12.2. The monoisotopic (exact) mass is 403 g/mol. The van der Waals surface area contributed by atoms with Crippen molar-refractivity contribution < 1.29 is 26.4 Å². The van der Waals surface area contributed by atoms with Crippen molar-refractivity contribution in [1.82, 2.24) is 15.2 Å². The molecule has 144 valence electrons. The van der Waals surface area contributed by atoms with Crippen LogP contribution in [0.15, 0.2) is 29.2 Å². The highest BCUT2D eigenvalue weighted by Gasteiger charge is 2.35. The van der Waals surface area contributed by atoms with Crippen LogP contribution in [0.2, 0.25) is 0 Å². The first-order valence-electron chi connectivity index (χ1n) is 7.90. The molecule has 0 aromatic heterocycles. The van der Waals surface area contributed by atoms with E-state index in [0.717, 1.165) is 4.31 Å². The van der Waals surface area contributed by atoms with Crippen LogP contribution < -0.4 is 10.9 Å². The van der Waals surface area contributed by atoms with Gasteiger partial charge in [0.1, 0.15) is 5.25 Å². The molecule has 1 saturated heterocycles. The predicted octanol–water partition coefficient (Wildman–Crippen LogP) is -0.335. The van der Waals surface area contributed by atoms with Crippen molar-refractivity contribution in [2.24, 2.45) is 0 Å². The number of nitrogens with one attached hydrogen (secondary N) is 2. The SMILES string of the molecule is CN(C)S(=O)(=O)c1cccc(C(=O)NNC(=O)[C@H]2CCCCS2(=O)=O)c1. The molecule has 0 bridgehead atoms. The molecule has 1 heterocycles. The number of hydrogen-bond acceptors (Lipinski definition) is 6. The summed E-state index contributed by atoms with van der Waals surface area (Å²) in [6.07, 6.45) is 1.35. The summed E-state index contributed by atoms with van der Waals surface area (Å²) in [5.74, 6) is -1.60. The van der Waals surface area contributed by atoms with Crippen LogP contribution in [0.5, 0.6) is 0 Å². The van der Waals surface area contributed by atoms with Crippen LogP contribution in [-0.4, -0.2) is 58.1 Å². The minimum Gasteiger partial charge on any atom is -0.272 e. The summed E-state index contributed by atoms with van der Waals surface area (Å²) in [5.41, 5.74) is 4.25. The molecular weight excluding hydrogens is 382 g/mol. The number of rotatable bonds is 4. The number of nitrogens with zero attached hydrogens (tertiary/aromatic N) is 1. The summed E-state index contributed by atoms with van der Waals surface area (Å²) in [6.45, 7) is 0. The summed E-state index contributed by atoms with van der Waals surface area (Å²) in [7, 11) is -4.49. The number of sulfonamides is 1. The maximum Gasteiger partial charge on any atom is 0.269 e. The summed E-state index contributed by atoms with van der Waals surface area (Å²) in [4.78, 5) is 24.1. The largest absolute Gasteiger partial charge is 0.272 e. The van der Waals surface area contributed by atoms with Crippen molar-refractivity contribution in [1.29, 1.82) is 0 Å². The van der Waals surface area contributed by atoms with Crippen LogP contribution in [0.3, 0.4) is 0 Å². The number of sulfone groups is 1. The van der Waals surface area contributed by atoms with Crippen LogP contribution in [0, 0.1) is 0 Å². The van der Waals surface area contributed by atoms with Gasteiger partial charge in [-0.05, 0) is 31.0 Å². The number of carbonyl (C=O) groups excluding carboxylic acids is 2. The predicted molar refractivity (Wildman–Crippen MR) is 94.3 cm³/mol. The second-order valence-corrected chi connectivity index (χ2v) is 10.6. The van der Waals surface area contributed by atoms with Crippen molar-refractivity contribution in [3.8, 4) is 0 Å². The van der Waals surface area contributed by atoms with Crippen LogP contribution in [0.4, 0.5) is 0 Å². The van der Waals surface area contributed by atoms with E-state index >= 15 is 0 Å². The van der Waals surface area contributed by atoms with Crippen molar-refractivity contribution in [2.45, 2.75) is 29.4 Å². The molecule has 1 atom stereocenters. The van der Waals surface area contributed by atoms with Gasteiger partial charge in [-0.1, -0.05) is 12.5 Å². The molecule has 9 nitrogen and oxygen atoms in total. The lowest BCUT2D eigenvalue weighted by Crippen LogP contribution is -2.50. The Morgan fingerprint density at radius 1 is 1.15 bits per heavy atom. The molecular formula is C15H21N3O6S2. The third-order valence-electron chi connectivity index (χ3n) is 4.05. The fourth-order valence-electron chi connectivity index (χ4n) is 2.53. The lowest BCUT2D eigenvalue weighted by Gasteiger charge is -2.21. The molecule has 1 aromatic rings. The molecule has 0 unspecified atom stereocenters. The van der Waals surface area contributed by atoms with Crippen molar-refractivity contribution >= 4 is 31.7 Å². The van der Waals surface area contributed by atoms with Crippen molar-refractivity contribution in [3.05, 3.63) is 29.8 Å². The zero-order valence-electron chi connectivity index (χ0n) is 14.4. The fourth-order valence-corrected chi connectivity index (χ4v) is 5.28. The smallest absolute Gasteiger partial charge is 0.269 e. The van der Waals surface area contributed by atoms with E-state index in [0.29, 0.717) is 12.8 Å². The van der Waals surface area contributed by atoms with Gasteiger partial charge < -0.3 is 0 Å². The van der Waals surface area contributed by atoms with Gasteiger partial charge in [-0.15, -0.1) is 0 Å². The summed E-state index contributed by atoms with van der Waals surface area (Å²) >= 11 is 0. The standard InChI is InChI=1S/C15H21N3O6S2/c1-18(2)26(23,24)12-7-5-6-11(10-12)14(19)16-17-15(20)13-8-3-4-9-25(13,21)22/h5-7,10,13H,3-4,8-9H2,1-2H3,(H,16,19)(H,17,20)/t13-/m1/s1. The molecule has 0 radical (unpaired) electrons. The molecule has 26 heavy (non-hydrogen) atoms. The van der Waals surface area contributed by atoms with Crippen LogP contribution in [-0.2, 0) is 24.7 Å². The number of benzene rings is 1. The van der Waals surface area contributed by atoms with Gasteiger partial charge in [-0.3, -0.25) is 20.4 Å². The Labute approximate surface area is 152 Å². The van der Waals surface area contributed by atoms with E-state index in [-0.39, 0.29) is 22.6 Å². The van der Waals surface area contributed by atoms with E-state index in [1.54, 1.807) is 0 Å². The topological polar surface area (TPSA) is 130 Å². The quantitative estimate of drug-likeness (QED) is 0.662. The Kier molecular flexibility index (Phi) is 6.04. The van der Waals surface area contributed by atoms with E-state index in [2.05, 4.69) is 10.9 Å². The van der Waals surface area contributed by atoms with E-state index in [9.17, 15) is 26.4 Å². The Morgan fingerprint density at radius 3 is 2.46 bits per heavy atom. The summed E-state index contributed by atoms with van der Waals surface area (Å²) < 4.78 is 49.1. The lowest BCUT2D eigenvalue weighted by atomic mass is 10.2. The molecule has 1 aromatic carbocycles. The van der Waals surface area contributed by atoms with E-state index < -0.39 is 36.9 Å². The average molecular weight is 403 g/mol. The minimum atomic E-state index is -3.71. The highest BCUT2D eigenvalue weighted by Crippen LogP contribution is 2.19. The zero-order valence-corrected chi connectivity index (χ0v) is 16.1. The van der Waals surface area contributed by atoms with Gasteiger partial charge >= 0.3 is 0 Å². The molecule has 1 fully saturated rings. The Balaban J connectivity index is 2.08. The first kappa shape index (κ1) is 20.3. The Hall–Kier alpha value is -1.98. The molecule has 0 aliphatic carbocycles. The van der Waals surface area contributed by atoms with Crippen LogP contribution >= 0.6 is 0 Å². The second kappa shape index (κ2) is 7.72. The van der Waals surface area contributed by atoms with Gasteiger partial charge in [0.2, 0.25) is 10.0 Å². The Bertz CT molecular complexity index is 909. The third kappa shape index (κ3) is 4.40. The first-order valence-corrected chi connectivity index (χ1v) is 11.1. The number of hydrazine groups is 1. The normalized spacial score (nSPS) is 19.7.